The number of halogens is 1. The molecule has 1 atom stereocenters. The molecule has 7 heteroatoms. The van der Waals surface area contributed by atoms with Crippen molar-refractivity contribution < 1.29 is 17.6 Å². The third-order valence-electron chi connectivity index (χ3n) is 4.70. The molecule has 0 spiro atoms. The molecule has 0 saturated carbocycles. The van der Waals surface area contributed by atoms with Gasteiger partial charge in [-0.05, 0) is 61.4 Å². The molecule has 3 aromatic rings. The molecule has 0 radical (unpaired) electrons. The summed E-state index contributed by atoms with van der Waals surface area (Å²) in [6.45, 7) is 3.97. The maximum Gasteiger partial charge on any atom is 0.261 e. The van der Waals surface area contributed by atoms with Gasteiger partial charge in [-0.15, -0.1) is 0 Å². The van der Waals surface area contributed by atoms with E-state index in [0.29, 0.717) is 6.42 Å². The van der Waals surface area contributed by atoms with E-state index < -0.39 is 15.8 Å². The second-order valence-electron chi connectivity index (χ2n) is 6.99. The molecule has 2 N–H and O–H groups in total. The number of anilines is 1. The van der Waals surface area contributed by atoms with Crippen LogP contribution in [0.2, 0.25) is 0 Å². The Kier molecular flexibility index (Phi) is 6.52. The Balaban J connectivity index is 1.78. The number of aryl methyl sites for hydroxylation is 1. The van der Waals surface area contributed by atoms with Crippen LogP contribution in [0.15, 0.2) is 77.7 Å². The predicted molar refractivity (Wildman–Crippen MR) is 115 cm³/mol. The van der Waals surface area contributed by atoms with Gasteiger partial charge in [0, 0.05) is 11.3 Å². The molecule has 3 rings (SSSR count). The first-order valence-corrected chi connectivity index (χ1v) is 11.0. The van der Waals surface area contributed by atoms with Gasteiger partial charge in [0.25, 0.3) is 15.9 Å². The number of sulfonamides is 1. The normalized spacial score (nSPS) is 12.2. The zero-order valence-electron chi connectivity index (χ0n) is 16.7. The van der Waals surface area contributed by atoms with E-state index in [0.717, 1.165) is 23.3 Å². The van der Waals surface area contributed by atoms with E-state index in [9.17, 15) is 17.6 Å². The SMILES string of the molecule is CC[C@H](NC(=O)c1cccc(S(=O)(=O)Nc2ccc(F)cc2)c1)c1ccc(C)cc1. The fourth-order valence-corrected chi connectivity index (χ4v) is 4.10. The number of carbonyl (C=O) groups excluding carboxylic acids is 1. The highest BCUT2D eigenvalue weighted by Gasteiger charge is 2.18. The molecular formula is C23H23FN2O3S. The minimum Gasteiger partial charge on any atom is -0.345 e. The van der Waals surface area contributed by atoms with E-state index in [4.69, 9.17) is 0 Å². The zero-order valence-corrected chi connectivity index (χ0v) is 17.5. The minimum atomic E-state index is -3.93. The summed E-state index contributed by atoms with van der Waals surface area (Å²) in [6.07, 6.45) is 0.693. The Morgan fingerprint density at radius 2 is 1.67 bits per heavy atom. The van der Waals surface area contributed by atoms with Crippen LogP contribution < -0.4 is 10.0 Å². The lowest BCUT2D eigenvalue weighted by atomic mass is 10.0. The van der Waals surface area contributed by atoms with Crippen LogP contribution in [0.1, 0.15) is 40.9 Å². The summed E-state index contributed by atoms with van der Waals surface area (Å²) >= 11 is 0. The Morgan fingerprint density at radius 1 is 1.00 bits per heavy atom. The summed E-state index contributed by atoms with van der Waals surface area (Å²) in [5.41, 5.74) is 2.59. The molecule has 0 heterocycles. The van der Waals surface area contributed by atoms with Crippen LogP contribution in [-0.4, -0.2) is 14.3 Å². The van der Waals surface area contributed by atoms with E-state index in [1.165, 1.54) is 30.3 Å². The Morgan fingerprint density at radius 3 is 2.30 bits per heavy atom. The third kappa shape index (κ3) is 5.24. The fraction of sp³-hybridized carbons (Fsp3) is 0.174. The third-order valence-corrected chi connectivity index (χ3v) is 6.08. The number of rotatable bonds is 7. The highest BCUT2D eigenvalue weighted by atomic mass is 32.2. The van der Waals surface area contributed by atoms with E-state index in [1.54, 1.807) is 6.07 Å². The standard InChI is InChI=1S/C23H23FN2O3S/c1-3-22(17-9-7-16(2)8-10-17)25-23(27)18-5-4-6-21(15-18)30(28,29)26-20-13-11-19(24)12-14-20/h4-15,22,26H,3H2,1-2H3,(H,25,27)/t22-/m0/s1. The first-order valence-electron chi connectivity index (χ1n) is 9.54. The van der Waals surface area contributed by atoms with Crippen molar-refractivity contribution in [2.24, 2.45) is 0 Å². The molecule has 3 aromatic carbocycles. The van der Waals surface area contributed by atoms with Crippen molar-refractivity contribution in [3.8, 4) is 0 Å². The highest BCUT2D eigenvalue weighted by Crippen LogP contribution is 2.20. The molecule has 0 aromatic heterocycles. The number of carbonyl (C=O) groups is 1. The quantitative estimate of drug-likeness (QED) is 0.569. The molecule has 0 aliphatic heterocycles. The second-order valence-corrected chi connectivity index (χ2v) is 8.67. The van der Waals surface area contributed by atoms with Gasteiger partial charge < -0.3 is 5.32 Å². The summed E-state index contributed by atoms with van der Waals surface area (Å²) in [7, 11) is -3.93. The van der Waals surface area contributed by atoms with Crippen molar-refractivity contribution in [2.45, 2.75) is 31.2 Å². The van der Waals surface area contributed by atoms with Gasteiger partial charge in [-0.1, -0.05) is 42.8 Å². The van der Waals surface area contributed by atoms with Crippen molar-refractivity contribution >= 4 is 21.6 Å². The second kappa shape index (κ2) is 9.09. The first-order chi connectivity index (χ1) is 14.3. The van der Waals surface area contributed by atoms with Gasteiger partial charge in [0.2, 0.25) is 0 Å². The number of nitrogens with one attached hydrogen (secondary N) is 2. The van der Waals surface area contributed by atoms with Crippen LogP contribution >= 0.6 is 0 Å². The highest BCUT2D eigenvalue weighted by molar-refractivity contribution is 7.92. The smallest absolute Gasteiger partial charge is 0.261 e. The molecule has 0 aliphatic carbocycles. The Labute approximate surface area is 176 Å². The van der Waals surface area contributed by atoms with E-state index in [-0.39, 0.29) is 28.1 Å². The molecular weight excluding hydrogens is 403 g/mol. The van der Waals surface area contributed by atoms with Crippen molar-refractivity contribution in [2.75, 3.05) is 4.72 Å². The van der Waals surface area contributed by atoms with Gasteiger partial charge in [-0.25, -0.2) is 12.8 Å². The van der Waals surface area contributed by atoms with Crippen LogP contribution in [0.3, 0.4) is 0 Å². The maximum atomic E-state index is 13.0. The summed E-state index contributed by atoms with van der Waals surface area (Å²) < 4.78 is 40.7. The maximum absolute atomic E-state index is 13.0. The van der Waals surface area contributed by atoms with Crippen LogP contribution in [0.5, 0.6) is 0 Å². The van der Waals surface area contributed by atoms with Crippen molar-refractivity contribution in [1.29, 1.82) is 0 Å². The van der Waals surface area contributed by atoms with Crippen LogP contribution in [-0.2, 0) is 10.0 Å². The largest absolute Gasteiger partial charge is 0.345 e. The fourth-order valence-electron chi connectivity index (χ4n) is 3.00. The average Bonchev–Trinajstić information content (AvgIpc) is 2.74. The zero-order chi connectivity index (χ0) is 21.7. The summed E-state index contributed by atoms with van der Waals surface area (Å²) in [5, 5.41) is 2.96. The van der Waals surface area contributed by atoms with Gasteiger partial charge in [0.05, 0.1) is 10.9 Å². The van der Waals surface area contributed by atoms with Crippen molar-refractivity contribution in [3.63, 3.8) is 0 Å². The number of hydrogen-bond acceptors (Lipinski definition) is 3. The Bertz CT molecular complexity index is 1130. The molecule has 5 nitrogen and oxygen atoms in total. The monoisotopic (exact) mass is 426 g/mol. The van der Waals surface area contributed by atoms with Crippen molar-refractivity contribution in [1.82, 2.24) is 5.32 Å². The lowest BCUT2D eigenvalue weighted by molar-refractivity contribution is 0.0935. The topological polar surface area (TPSA) is 75.3 Å². The molecule has 156 valence electrons. The van der Waals surface area contributed by atoms with E-state index in [1.807, 2.05) is 38.1 Å². The molecule has 0 bridgehead atoms. The molecule has 30 heavy (non-hydrogen) atoms. The number of benzene rings is 3. The number of hydrogen-bond donors (Lipinski definition) is 2. The van der Waals surface area contributed by atoms with Crippen LogP contribution in [0, 0.1) is 12.7 Å². The lowest BCUT2D eigenvalue weighted by Crippen LogP contribution is -2.28. The average molecular weight is 427 g/mol. The van der Waals surface area contributed by atoms with Crippen molar-refractivity contribution in [3.05, 3.63) is 95.3 Å². The number of amides is 1. The molecule has 0 saturated heterocycles. The Hall–Kier alpha value is -3.19. The molecule has 0 fully saturated rings. The van der Waals surface area contributed by atoms with Crippen LogP contribution in [0.25, 0.3) is 0 Å². The lowest BCUT2D eigenvalue weighted by Gasteiger charge is -2.18. The molecule has 1 amide bonds. The summed E-state index contributed by atoms with van der Waals surface area (Å²) in [5.74, 6) is -0.822. The minimum absolute atomic E-state index is 0.0529. The van der Waals surface area contributed by atoms with Crippen LogP contribution in [0.4, 0.5) is 10.1 Å². The molecule has 0 aliphatic rings. The van der Waals surface area contributed by atoms with Gasteiger partial charge in [0.1, 0.15) is 5.82 Å². The van der Waals surface area contributed by atoms with E-state index in [2.05, 4.69) is 10.0 Å². The predicted octanol–water partition coefficient (Wildman–Crippen LogP) is 4.82. The van der Waals surface area contributed by atoms with Gasteiger partial charge >= 0.3 is 0 Å². The first kappa shape index (κ1) is 21.5. The van der Waals surface area contributed by atoms with E-state index >= 15 is 0 Å². The molecule has 0 unspecified atom stereocenters. The van der Waals surface area contributed by atoms with Gasteiger partial charge in [-0.2, -0.15) is 0 Å². The van der Waals surface area contributed by atoms with Gasteiger partial charge in [0.15, 0.2) is 0 Å². The summed E-state index contributed by atoms with van der Waals surface area (Å²) in [6, 6.07) is 18.5. The van der Waals surface area contributed by atoms with Gasteiger partial charge in [-0.3, -0.25) is 9.52 Å². The summed E-state index contributed by atoms with van der Waals surface area (Å²) in [4.78, 5) is 12.7.